The van der Waals surface area contributed by atoms with Crippen LogP contribution in [0.3, 0.4) is 0 Å². The summed E-state index contributed by atoms with van der Waals surface area (Å²) in [5, 5.41) is 8.11. The lowest BCUT2D eigenvalue weighted by molar-refractivity contribution is 0.0954. The molecule has 1 saturated carbocycles. The van der Waals surface area contributed by atoms with Crippen LogP contribution in [0.15, 0.2) is 22.9 Å². The number of aromatic nitrogens is 1. The zero-order valence-corrected chi connectivity index (χ0v) is 11.5. The van der Waals surface area contributed by atoms with Crippen molar-refractivity contribution < 1.29 is 4.79 Å². The maximum Gasteiger partial charge on any atom is 0.261 e. The highest BCUT2D eigenvalue weighted by Crippen LogP contribution is 2.37. The molecular weight excluding hydrogens is 264 g/mol. The van der Waals surface area contributed by atoms with Gasteiger partial charge >= 0.3 is 0 Å². The number of rotatable bonds is 4. The summed E-state index contributed by atoms with van der Waals surface area (Å²) in [6, 6.07) is 3.72. The fourth-order valence-electron chi connectivity index (χ4n) is 1.91. The average molecular weight is 278 g/mol. The number of nitrogens with one attached hydrogen (secondary N) is 1. The molecule has 0 aliphatic heterocycles. The standard InChI is InChI=1S/C13H14N2OS2/c16-12(11-5-2-6-17-11)14-7-10-8-18-13(15-10)9-3-1-4-9/h2,5-6,8-9H,1,3-4,7H2,(H,14,16). The molecule has 1 amide bonds. The Morgan fingerprint density at radius 2 is 2.33 bits per heavy atom. The maximum absolute atomic E-state index is 11.8. The van der Waals surface area contributed by atoms with Crippen molar-refractivity contribution in [3.63, 3.8) is 0 Å². The maximum atomic E-state index is 11.8. The van der Waals surface area contributed by atoms with E-state index in [2.05, 4.69) is 15.7 Å². The number of hydrogen-bond acceptors (Lipinski definition) is 4. The molecule has 1 aliphatic carbocycles. The van der Waals surface area contributed by atoms with Crippen LogP contribution in [0.2, 0.25) is 0 Å². The molecule has 2 aromatic rings. The van der Waals surface area contributed by atoms with Gasteiger partial charge in [0.1, 0.15) is 0 Å². The fraction of sp³-hybridized carbons (Fsp3) is 0.385. The quantitative estimate of drug-likeness (QED) is 0.931. The Bertz CT molecular complexity index is 529. The van der Waals surface area contributed by atoms with E-state index < -0.39 is 0 Å². The molecule has 2 heterocycles. The van der Waals surface area contributed by atoms with Gasteiger partial charge in [-0.3, -0.25) is 4.79 Å². The lowest BCUT2D eigenvalue weighted by Gasteiger charge is -2.22. The lowest BCUT2D eigenvalue weighted by Crippen LogP contribution is -2.22. The number of amides is 1. The molecule has 94 valence electrons. The fourth-order valence-corrected chi connectivity index (χ4v) is 3.54. The van der Waals surface area contributed by atoms with Crippen molar-refractivity contribution in [1.82, 2.24) is 10.3 Å². The molecule has 0 saturated heterocycles. The molecular formula is C13H14N2OS2. The minimum Gasteiger partial charge on any atom is -0.346 e. The molecule has 18 heavy (non-hydrogen) atoms. The van der Waals surface area contributed by atoms with Crippen molar-refractivity contribution in [2.45, 2.75) is 31.7 Å². The summed E-state index contributed by atoms with van der Waals surface area (Å²) in [6.45, 7) is 0.528. The highest BCUT2D eigenvalue weighted by atomic mass is 32.1. The van der Waals surface area contributed by atoms with Gasteiger partial charge in [0.05, 0.1) is 22.1 Å². The van der Waals surface area contributed by atoms with Crippen molar-refractivity contribution in [2.75, 3.05) is 0 Å². The summed E-state index contributed by atoms with van der Waals surface area (Å²) in [4.78, 5) is 17.1. The normalized spacial score (nSPS) is 15.3. The molecule has 0 bridgehead atoms. The van der Waals surface area contributed by atoms with Crippen molar-refractivity contribution in [2.24, 2.45) is 0 Å². The summed E-state index contributed by atoms with van der Waals surface area (Å²) in [6.07, 6.45) is 3.87. The second-order valence-corrected chi connectivity index (χ2v) is 6.30. The molecule has 1 aliphatic rings. The van der Waals surface area contributed by atoms with E-state index in [9.17, 15) is 4.79 Å². The topological polar surface area (TPSA) is 42.0 Å². The summed E-state index contributed by atoms with van der Waals surface area (Å²) in [5.41, 5.74) is 0.979. The number of hydrogen-bond donors (Lipinski definition) is 1. The van der Waals surface area contributed by atoms with Crippen molar-refractivity contribution >= 4 is 28.6 Å². The summed E-state index contributed by atoms with van der Waals surface area (Å²) >= 11 is 3.18. The van der Waals surface area contributed by atoms with Gasteiger partial charge in [-0.05, 0) is 24.3 Å². The Labute approximate surface area is 114 Å². The summed E-state index contributed by atoms with van der Waals surface area (Å²) in [7, 11) is 0. The van der Waals surface area contributed by atoms with Crippen LogP contribution in [0.25, 0.3) is 0 Å². The van der Waals surface area contributed by atoms with Gasteiger partial charge in [0.25, 0.3) is 5.91 Å². The molecule has 1 fully saturated rings. The first-order valence-electron chi connectivity index (χ1n) is 6.09. The van der Waals surface area contributed by atoms with E-state index >= 15 is 0 Å². The Kier molecular flexibility index (Phi) is 3.43. The van der Waals surface area contributed by atoms with E-state index in [0.717, 1.165) is 10.6 Å². The zero-order valence-electron chi connectivity index (χ0n) is 9.89. The number of thiophene rings is 1. The van der Waals surface area contributed by atoms with Gasteiger partial charge in [0.2, 0.25) is 0 Å². The third kappa shape index (κ3) is 2.47. The monoisotopic (exact) mass is 278 g/mol. The molecule has 2 aromatic heterocycles. The third-order valence-electron chi connectivity index (χ3n) is 3.20. The Morgan fingerprint density at radius 1 is 1.44 bits per heavy atom. The first-order valence-corrected chi connectivity index (χ1v) is 7.85. The smallest absolute Gasteiger partial charge is 0.261 e. The summed E-state index contributed by atoms with van der Waals surface area (Å²) < 4.78 is 0. The van der Waals surface area contributed by atoms with Gasteiger partial charge < -0.3 is 5.32 Å². The van der Waals surface area contributed by atoms with E-state index in [1.807, 2.05) is 17.5 Å². The largest absolute Gasteiger partial charge is 0.346 e. The summed E-state index contributed by atoms with van der Waals surface area (Å²) in [5.74, 6) is 0.667. The molecule has 0 aromatic carbocycles. The van der Waals surface area contributed by atoms with E-state index in [1.165, 1.54) is 35.6 Å². The van der Waals surface area contributed by atoms with Gasteiger partial charge in [0.15, 0.2) is 0 Å². The molecule has 0 unspecified atom stereocenters. The second-order valence-electron chi connectivity index (χ2n) is 4.46. The van der Waals surface area contributed by atoms with Crippen LogP contribution >= 0.6 is 22.7 Å². The van der Waals surface area contributed by atoms with Crippen LogP contribution < -0.4 is 5.32 Å². The van der Waals surface area contributed by atoms with Gasteiger partial charge in [-0.1, -0.05) is 12.5 Å². The van der Waals surface area contributed by atoms with Gasteiger partial charge in [-0.15, -0.1) is 22.7 Å². The molecule has 3 nitrogen and oxygen atoms in total. The van der Waals surface area contributed by atoms with Crippen molar-refractivity contribution in [1.29, 1.82) is 0 Å². The van der Waals surface area contributed by atoms with Crippen LogP contribution in [-0.4, -0.2) is 10.9 Å². The zero-order chi connectivity index (χ0) is 12.4. The average Bonchev–Trinajstić information content (AvgIpc) is 2.94. The van der Waals surface area contributed by atoms with Crippen LogP contribution in [0.5, 0.6) is 0 Å². The number of nitrogens with zero attached hydrogens (tertiary/aromatic N) is 1. The molecule has 1 N–H and O–H groups in total. The number of thiazole rings is 1. The van der Waals surface area contributed by atoms with Crippen LogP contribution in [0.4, 0.5) is 0 Å². The van der Waals surface area contributed by atoms with Gasteiger partial charge in [-0.25, -0.2) is 4.98 Å². The van der Waals surface area contributed by atoms with Crippen LogP contribution in [0.1, 0.15) is 45.6 Å². The van der Waals surface area contributed by atoms with E-state index in [4.69, 9.17) is 0 Å². The highest BCUT2D eigenvalue weighted by molar-refractivity contribution is 7.12. The van der Waals surface area contributed by atoms with Crippen LogP contribution in [-0.2, 0) is 6.54 Å². The first kappa shape index (κ1) is 11.9. The molecule has 0 atom stereocenters. The van der Waals surface area contributed by atoms with E-state index in [0.29, 0.717) is 12.5 Å². The molecule has 0 spiro atoms. The van der Waals surface area contributed by atoms with Crippen molar-refractivity contribution in [3.8, 4) is 0 Å². The predicted molar refractivity (Wildman–Crippen MR) is 74.2 cm³/mol. The van der Waals surface area contributed by atoms with Gasteiger partial charge in [0, 0.05) is 11.3 Å². The Hall–Kier alpha value is -1.20. The molecule has 0 radical (unpaired) electrons. The number of carbonyl (C=O) groups is 1. The lowest BCUT2D eigenvalue weighted by atomic mass is 9.86. The minimum absolute atomic E-state index is 0.0109. The van der Waals surface area contributed by atoms with E-state index in [1.54, 1.807) is 11.3 Å². The molecule has 3 rings (SSSR count). The predicted octanol–water partition coefficient (Wildman–Crippen LogP) is 3.40. The highest BCUT2D eigenvalue weighted by Gasteiger charge is 2.22. The van der Waals surface area contributed by atoms with E-state index in [-0.39, 0.29) is 5.91 Å². The third-order valence-corrected chi connectivity index (χ3v) is 5.12. The number of carbonyl (C=O) groups excluding carboxylic acids is 1. The molecule has 5 heteroatoms. The second kappa shape index (κ2) is 5.20. The Morgan fingerprint density at radius 3 is 3.00 bits per heavy atom. The SMILES string of the molecule is O=C(NCc1csc(C2CCC2)n1)c1cccs1. The minimum atomic E-state index is -0.0109. The first-order chi connectivity index (χ1) is 8.83. The van der Waals surface area contributed by atoms with Gasteiger partial charge in [-0.2, -0.15) is 0 Å². The van der Waals surface area contributed by atoms with Crippen LogP contribution in [0, 0.1) is 0 Å². The Balaban J connectivity index is 1.56. The van der Waals surface area contributed by atoms with Crippen molar-refractivity contribution in [3.05, 3.63) is 38.5 Å².